The van der Waals surface area contributed by atoms with Crippen molar-refractivity contribution in [2.45, 2.75) is 6.54 Å². The smallest absolute Gasteiger partial charge is 0.226 e. The van der Waals surface area contributed by atoms with Crippen LogP contribution < -0.4 is 11.2 Å². The summed E-state index contributed by atoms with van der Waals surface area (Å²) >= 11 is 0. The van der Waals surface area contributed by atoms with Crippen LogP contribution in [0.5, 0.6) is 5.75 Å². The van der Waals surface area contributed by atoms with Crippen LogP contribution in [0.3, 0.4) is 0 Å². The van der Waals surface area contributed by atoms with E-state index >= 15 is 0 Å². The molecule has 0 aliphatic rings. The molecule has 3 N–H and O–H groups in total. The molecule has 0 spiro atoms. The highest BCUT2D eigenvalue weighted by Gasteiger charge is 1.97. The second-order valence-corrected chi connectivity index (χ2v) is 1.80. The first-order valence-electron chi connectivity index (χ1n) is 2.75. The molecule has 0 saturated heterocycles. The monoisotopic (exact) mass is 221 g/mol. The third-order valence-electron chi connectivity index (χ3n) is 1.07. The molecule has 0 aromatic carbocycles. The third-order valence-corrected chi connectivity index (χ3v) is 1.07. The second kappa shape index (κ2) is 4.15. The summed E-state index contributed by atoms with van der Waals surface area (Å²) in [7, 11) is 0. The molecule has 0 radical (unpaired) electrons. The highest BCUT2D eigenvalue weighted by Crippen LogP contribution is 2.01. The molecule has 11 heavy (non-hydrogen) atoms. The van der Waals surface area contributed by atoms with Crippen molar-refractivity contribution in [3.63, 3.8) is 0 Å². The number of nitrogens with two attached hydrogens (primary N) is 1. The number of hydrogen-bond acceptors (Lipinski definition) is 4. The van der Waals surface area contributed by atoms with Crippen LogP contribution in [0.4, 0.5) is 0 Å². The van der Waals surface area contributed by atoms with Crippen molar-refractivity contribution in [2.24, 2.45) is 5.73 Å². The first kappa shape index (κ1) is 10.2. The number of aromatic hydroxyl groups is 1. The van der Waals surface area contributed by atoms with E-state index in [0.717, 1.165) is 12.3 Å². The fourth-order valence-corrected chi connectivity index (χ4v) is 0.551. The second-order valence-electron chi connectivity index (χ2n) is 1.80. The zero-order valence-electron chi connectivity index (χ0n) is 5.61. The fraction of sp³-hybridized carbons (Fsp3) is 0.167. The van der Waals surface area contributed by atoms with E-state index in [1.54, 1.807) is 0 Å². The van der Waals surface area contributed by atoms with Gasteiger partial charge < -0.3 is 15.3 Å². The summed E-state index contributed by atoms with van der Waals surface area (Å²) in [5.41, 5.74) is 4.69. The molecule has 1 rings (SSSR count). The van der Waals surface area contributed by atoms with Gasteiger partial charge in [0.15, 0.2) is 5.75 Å². The van der Waals surface area contributed by atoms with E-state index in [2.05, 4.69) is 0 Å². The lowest BCUT2D eigenvalue weighted by Crippen LogP contribution is -2.03. The summed E-state index contributed by atoms with van der Waals surface area (Å²) in [6, 6.07) is 1.16. The van der Waals surface area contributed by atoms with E-state index in [1.165, 1.54) is 0 Å². The van der Waals surface area contributed by atoms with Crippen molar-refractivity contribution >= 4 is 17.0 Å². The highest BCUT2D eigenvalue weighted by atomic mass is 79.9. The van der Waals surface area contributed by atoms with Crippen LogP contribution in [0.1, 0.15) is 5.76 Å². The molecule has 0 fully saturated rings. The zero-order chi connectivity index (χ0) is 7.56. The van der Waals surface area contributed by atoms with Crippen molar-refractivity contribution in [1.29, 1.82) is 0 Å². The molecule has 0 unspecified atom stereocenters. The molecule has 0 amide bonds. The maximum absolute atomic E-state index is 10.6. The van der Waals surface area contributed by atoms with Gasteiger partial charge in [-0.15, -0.1) is 17.0 Å². The molecule has 0 saturated carbocycles. The molecule has 0 bridgehead atoms. The molecule has 5 heteroatoms. The molecule has 1 aromatic heterocycles. The van der Waals surface area contributed by atoms with Gasteiger partial charge in [-0.05, 0) is 0 Å². The highest BCUT2D eigenvalue weighted by molar-refractivity contribution is 8.93. The summed E-state index contributed by atoms with van der Waals surface area (Å²) in [6.45, 7) is 0.162. The predicted octanol–water partition coefficient (Wildman–Crippen LogP) is 0.382. The summed E-state index contributed by atoms with van der Waals surface area (Å²) in [5, 5.41) is 8.69. The molecular formula is C6H8BrNO3. The van der Waals surface area contributed by atoms with Crippen molar-refractivity contribution in [3.05, 3.63) is 28.3 Å². The van der Waals surface area contributed by atoms with Crippen LogP contribution in [0, 0.1) is 0 Å². The van der Waals surface area contributed by atoms with Crippen LogP contribution in [-0.2, 0) is 6.54 Å². The minimum absolute atomic E-state index is 0. The Balaban J connectivity index is 0.000001000. The van der Waals surface area contributed by atoms with Gasteiger partial charge in [0.25, 0.3) is 0 Å². The Morgan fingerprint density at radius 1 is 1.64 bits per heavy atom. The van der Waals surface area contributed by atoms with Gasteiger partial charge in [-0.1, -0.05) is 0 Å². The first-order chi connectivity index (χ1) is 4.74. The van der Waals surface area contributed by atoms with Crippen LogP contribution in [0.25, 0.3) is 0 Å². The van der Waals surface area contributed by atoms with E-state index in [9.17, 15) is 4.79 Å². The van der Waals surface area contributed by atoms with Crippen molar-refractivity contribution in [2.75, 3.05) is 0 Å². The minimum atomic E-state index is -0.466. The standard InChI is InChI=1S/C6H7NO3.BrH/c7-2-4-1-5(8)6(9)3-10-4;/h1,3,9H,2,7H2;1H. The minimum Gasteiger partial charge on any atom is -0.502 e. The lowest BCUT2D eigenvalue weighted by Gasteiger charge is -1.93. The quantitative estimate of drug-likeness (QED) is 0.720. The number of rotatable bonds is 1. The molecule has 0 atom stereocenters. The fourth-order valence-electron chi connectivity index (χ4n) is 0.551. The largest absolute Gasteiger partial charge is 0.502 e. The Bertz CT molecular complexity index is 283. The molecule has 0 aliphatic carbocycles. The van der Waals surface area contributed by atoms with E-state index in [0.29, 0.717) is 5.76 Å². The van der Waals surface area contributed by atoms with Gasteiger partial charge in [0.05, 0.1) is 6.54 Å². The van der Waals surface area contributed by atoms with Gasteiger partial charge in [-0.25, -0.2) is 0 Å². The zero-order valence-corrected chi connectivity index (χ0v) is 7.32. The average Bonchev–Trinajstić information content (AvgIpc) is 1.95. The molecular weight excluding hydrogens is 214 g/mol. The van der Waals surface area contributed by atoms with E-state index in [-0.39, 0.29) is 23.5 Å². The SMILES string of the molecule is Br.NCc1cc(=O)c(O)co1. The Morgan fingerprint density at radius 3 is 2.73 bits per heavy atom. The van der Waals surface area contributed by atoms with Gasteiger partial charge >= 0.3 is 0 Å². The molecule has 62 valence electrons. The van der Waals surface area contributed by atoms with Gasteiger partial charge in [0.2, 0.25) is 5.43 Å². The van der Waals surface area contributed by atoms with Crippen LogP contribution in [0.15, 0.2) is 21.5 Å². The average molecular weight is 222 g/mol. The van der Waals surface area contributed by atoms with Gasteiger partial charge in [0, 0.05) is 6.07 Å². The summed E-state index contributed by atoms with van der Waals surface area (Å²) < 4.78 is 4.71. The van der Waals surface area contributed by atoms with Crippen molar-refractivity contribution in [1.82, 2.24) is 0 Å². The Labute approximate surface area is 73.4 Å². The van der Waals surface area contributed by atoms with E-state index < -0.39 is 11.2 Å². The Morgan fingerprint density at radius 2 is 2.27 bits per heavy atom. The lowest BCUT2D eigenvalue weighted by atomic mass is 10.4. The summed E-state index contributed by atoms with van der Waals surface area (Å²) in [6.07, 6.45) is 0.977. The Hall–Kier alpha value is -0.810. The normalized spacial score (nSPS) is 8.82. The molecule has 0 aliphatic heterocycles. The predicted molar refractivity (Wildman–Crippen MR) is 44.9 cm³/mol. The molecule has 4 nitrogen and oxygen atoms in total. The molecule has 1 heterocycles. The molecule has 1 aromatic rings. The first-order valence-corrected chi connectivity index (χ1v) is 2.75. The number of hydrogen-bond donors (Lipinski definition) is 2. The van der Waals surface area contributed by atoms with Crippen LogP contribution in [-0.4, -0.2) is 5.11 Å². The van der Waals surface area contributed by atoms with E-state index in [1.807, 2.05) is 0 Å². The topological polar surface area (TPSA) is 76.5 Å². The van der Waals surface area contributed by atoms with Gasteiger partial charge in [0.1, 0.15) is 12.0 Å². The Kier molecular flexibility index (Phi) is 3.84. The van der Waals surface area contributed by atoms with Gasteiger partial charge in [-0.3, -0.25) is 4.79 Å². The van der Waals surface area contributed by atoms with Gasteiger partial charge in [-0.2, -0.15) is 0 Å². The third kappa shape index (κ3) is 2.36. The lowest BCUT2D eigenvalue weighted by molar-refractivity contribution is 0.414. The summed E-state index contributed by atoms with van der Waals surface area (Å²) in [5.74, 6) is -0.0278. The van der Waals surface area contributed by atoms with Crippen LogP contribution >= 0.6 is 17.0 Å². The van der Waals surface area contributed by atoms with Crippen LogP contribution in [0.2, 0.25) is 0 Å². The van der Waals surface area contributed by atoms with Crippen molar-refractivity contribution < 1.29 is 9.52 Å². The maximum atomic E-state index is 10.6. The summed E-state index contributed by atoms with van der Waals surface area (Å²) in [4.78, 5) is 10.6. The van der Waals surface area contributed by atoms with E-state index in [4.69, 9.17) is 15.3 Å². The maximum Gasteiger partial charge on any atom is 0.226 e. The number of halogens is 1. The van der Waals surface area contributed by atoms with Crippen molar-refractivity contribution in [3.8, 4) is 5.75 Å².